The van der Waals surface area contributed by atoms with Crippen molar-refractivity contribution >= 4 is 68.8 Å². The first-order valence-electron chi connectivity index (χ1n) is 13.1. The van der Waals surface area contributed by atoms with Crippen LogP contribution in [0, 0.1) is 0 Å². The number of H-pyrrole nitrogens is 1. The Morgan fingerprint density at radius 1 is 1.02 bits per heavy atom. The molecule has 0 unspecified atom stereocenters. The lowest BCUT2D eigenvalue weighted by Crippen LogP contribution is -2.50. The maximum atomic E-state index is 12.8. The Kier molecular flexibility index (Phi) is 8.28. The number of nitrogens with one attached hydrogen (secondary N) is 3. The molecule has 14 heteroatoms. The van der Waals surface area contributed by atoms with Gasteiger partial charge in [0.1, 0.15) is 23.0 Å². The molecule has 4 heterocycles. The van der Waals surface area contributed by atoms with Gasteiger partial charge in [-0.15, -0.1) is 0 Å². The molecular weight excluding hydrogens is 583 g/mol. The highest BCUT2D eigenvalue weighted by atomic mass is 35.5. The normalized spacial score (nSPS) is 13.7. The molecule has 220 valence electrons. The average Bonchev–Trinajstić information content (AvgIpc) is 2.94. The number of aromatic amines is 1. The fraction of sp³-hybridized carbons (Fsp3) is 0.321. The van der Waals surface area contributed by atoms with E-state index in [-0.39, 0.29) is 11.9 Å². The van der Waals surface area contributed by atoms with E-state index >= 15 is 0 Å². The lowest BCUT2D eigenvalue weighted by atomic mass is 10.2. The maximum absolute atomic E-state index is 12.8. The zero-order chi connectivity index (χ0) is 30.0. The molecule has 42 heavy (non-hydrogen) atoms. The summed E-state index contributed by atoms with van der Waals surface area (Å²) in [6, 6.07) is 7.37. The van der Waals surface area contributed by atoms with E-state index in [1.165, 1.54) is 18.6 Å². The van der Waals surface area contributed by atoms with Crippen LogP contribution in [0.15, 0.2) is 47.7 Å². The SMILES string of the molecule is COc1cc(N2CCN(C(=O)OC(C)(C)C)CC2)ccc1Nc1nc(Nc2c(Cl)cncc2Cl)cc2cn[nH]c(=O)c12. The van der Waals surface area contributed by atoms with E-state index in [1.54, 1.807) is 18.1 Å². The number of carbonyl (C=O) groups excluding carboxylic acids is 1. The third kappa shape index (κ3) is 6.44. The quantitative estimate of drug-likeness (QED) is 0.253. The molecule has 0 atom stereocenters. The number of benzene rings is 1. The van der Waals surface area contributed by atoms with Crippen LogP contribution in [-0.4, -0.2) is 70.0 Å². The van der Waals surface area contributed by atoms with Crippen LogP contribution in [-0.2, 0) is 4.74 Å². The van der Waals surface area contributed by atoms with Gasteiger partial charge in [0, 0.05) is 55.7 Å². The molecular formula is C28H30Cl2N8O4. The number of aromatic nitrogens is 4. The van der Waals surface area contributed by atoms with E-state index in [9.17, 15) is 9.59 Å². The minimum Gasteiger partial charge on any atom is -0.494 e. The van der Waals surface area contributed by atoms with Gasteiger partial charge in [-0.1, -0.05) is 23.2 Å². The van der Waals surface area contributed by atoms with Crippen LogP contribution in [0.4, 0.5) is 33.5 Å². The smallest absolute Gasteiger partial charge is 0.410 e. The fourth-order valence-corrected chi connectivity index (χ4v) is 4.98. The third-order valence-corrected chi connectivity index (χ3v) is 7.06. The Morgan fingerprint density at radius 2 is 1.74 bits per heavy atom. The zero-order valence-electron chi connectivity index (χ0n) is 23.5. The van der Waals surface area contributed by atoms with E-state index in [2.05, 4.69) is 35.7 Å². The van der Waals surface area contributed by atoms with Crippen molar-refractivity contribution in [2.45, 2.75) is 26.4 Å². The predicted octanol–water partition coefficient (Wildman–Crippen LogP) is 5.57. The number of hydrogen-bond acceptors (Lipinski definition) is 10. The molecule has 1 aliphatic rings. The molecule has 0 bridgehead atoms. The van der Waals surface area contributed by atoms with Crippen LogP contribution in [0.25, 0.3) is 10.8 Å². The van der Waals surface area contributed by atoms with E-state index in [0.29, 0.717) is 69.9 Å². The highest BCUT2D eigenvalue weighted by Crippen LogP contribution is 2.36. The number of nitrogens with zero attached hydrogens (tertiary/aromatic N) is 5. The number of ether oxygens (including phenoxy) is 2. The van der Waals surface area contributed by atoms with Crippen LogP contribution in [0.2, 0.25) is 10.0 Å². The van der Waals surface area contributed by atoms with Gasteiger partial charge in [-0.2, -0.15) is 5.10 Å². The van der Waals surface area contributed by atoms with Gasteiger partial charge in [-0.3, -0.25) is 9.78 Å². The van der Waals surface area contributed by atoms with Gasteiger partial charge in [0.25, 0.3) is 5.56 Å². The summed E-state index contributed by atoms with van der Waals surface area (Å²) < 4.78 is 11.2. The van der Waals surface area contributed by atoms with Gasteiger partial charge < -0.3 is 29.9 Å². The molecule has 1 saturated heterocycles. The van der Waals surface area contributed by atoms with Gasteiger partial charge >= 0.3 is 6.09 Å². The molecule has 3 aromatic heterocycles. The number of anilines is 5. The van der Waals surface area contributed by atoms with Crippen LogP contribution in [0.1, 0.15) is 20.8 Å². The summed E-state index contributed by atoms with van der Waals surface area (Å²) in [5.74, 6) is 1.20. The summed E-state index contributed by atoms with van der Waals surface area (Å²) in [5, 5.41) is 14.2. The summed E-state index contributed by atoms with van der Waals surface area (Å²) in [6.45, 7) is 7.91. The Bertz CT molecular complexity index is 1660. The minimum atomic E-state index is -0.541. The first kappa shape index (κ1) is 29.2. The Balaban J connectivity index is 1.40. The number of carbonyl (C=O) groups is 1. The van der Waals surface area contributed by atoms with Crippen LogP contribution < -0.4 is 25.8 Å². The minimum absolute atomic E-state index is 0.275. The second kappa shape index (κ2) is 11.9. The predicted molar refractivity (Wildman–Crippen MR) is 164 cm³/mol. The van der Waals surface area contributed by atoms with Crippen molar-refractivity contribution in [3.8, 4) is 5.75 Å². The average molecular weight is 614 g/mol. The number of rotatable bonds is 6. The first-order valence-corrected chi connectivity index (χ1v) is 13.9. The van der Waals surface area contributed by atoms with Crippen LogP contribution in [0.3, 0.4) is 0 Å². The number of fused-ring (bicyclic) bond motifs is 1. The molecule has 1 aromatic carbocycles. The van der Waals surface area contributed by atoms with E-state index in [4.69, 9.17) is 32.7 Å². The summed E-state index contributed by atoms with van der Waals surface area (Å²) in [5.41, 5.74) is 1.00. The number of halogens is 2. The van der Waals surface area contributed by atoms with Crippen molar-refractivity contribution in [1.29, 1.82) is 0 Å². The van der Waals surface area contributed by atoms with Crippen molar-refractivity contribution in [2.24, 2.45) is 0 Å². The third-order valence-electron chi connectivity index (χ3n) is 6.49. The van der Waals surface area contributed by atoms with Gasteiger partial charge in [0.05, 0.1) is 40.1 Å². The number of piperazine rings is 1. The molecule has 0 spiro atoms. The lowest BCUT2D eigenvalue weighted by Gasteiger charge is -2.37. The zero-order valence-corrected chi connectivity index (χ0v) is 25.0. The second-order valence-corrected chi connectivity index (χ2v) is 11.4. The van der Waals surface area contributed by atoms with Crippen molar-refractivity contribution in [3.63, 3.8) is 0 Å². The summed E-state index contributed by atoms with van der Waals surface area (Å²) in [7, 11) is 1.57. The number of amides is 1. The summed E-state index contributed by atoms with van der Waals surface area (Å²) in [4.78, 5) is 37.8. The Hall–Kier alpha value is -4.29. The van der Waals surface area contributed by atoms with E-state index in [0.717, 1.165) is 5.69 Å². The van der Waals surface area contributed by atoms with E-state index < -0.39 is 11.2 Å². The standard InChI is InChI=1S/C28H30Cl2N8O4/c1-28(2,3)42-27(40)38-9-7-37(8-10-38)17-5-6-20(21(12-17)41-4)33-25-23-16(13-32-36-26(23)39)11-22(35-25)34-24-18(29)14-31-15-19(24)30/h5-6,11-15H,7-10H2,1-4H3,(H,36,39)(H2,31,33,34,35). The molecule has 1 aliphatic heterocycles. The van der Waals surface area contributed by atoms with Crippen molar-refractivity contribution < 1.29 is 14.3 Å². The van der Waals surface area contributed by atoms with Crippen molar-refractivity contribution in [2.75, 3.05) is 48.8 Å². The molecule has 4 aromatic rings. The molecule has 0 saturated carbocycles. The number of pyridine rings is 2. The van der Waals surface area contributed by atoms with Gasteiger partial charge in [0.15, 0.2) is 0 Å². The van der Waals surface area contributed by atoms with Crippen LogP contribution >= 0.6 is 23.2 Å². The lowest BCUT2D eigenvalue weighted by molar-refractivity contribution is 0.0240. The van der Waals surface area contributed by atoms with Gasteiger partial charge in [-0.25, -0.2) is 14.9 Å². The largest absolute Gasteiger partial charge is 0.494 e. The highest BCUT2D eigenvalue weighted by molar-refractivity contribution is 6.39. The monoisotopic (exact) mass is 612 g/mol. The van der Waals surface area contributed by atoms with Crippen molar-refractivity contribution in [1.82, 2.24) is 25.1 Å². The Labute approximate surface area is 251 Å². The molecule has 3 N–H and O–H groups in total. The molecule has 0 radical (unpaired) electrons. The highest BCUT2D eigenvalue weighted by Gasteiger charge is 2.26. The van der Waals surface area contributed by atoms with E-state index in [1.807, 2.05) is 39.0 Å². The summed E-state index contributed by atoms with van der Waals surface area (Å²) >= 11 is 12.6. The first-order chi connectivity index (χ1) is 20.0. The molecule has 1 amide bonds. The fourth-order valence-electron chi connectivity index (χ4n) is 4.52. The molecule has 1 fully saturated rings. The molecule has 5 rings (SSSR count). The Morgan fingerprint density at radius 3 is 2.40 bits per heavy atom. The topological polar surface area (TPSA) is 138 Å². The van der Waals surface area contributed by atoms with Gasteiger partial charge in [0.2, 0.25) is 0 Å². The molecule has 0 aliphatic carbocycles. The number of hydrogen-bond donors (Lipinski definition) is 3. The maximum Gasteiger partial charge on any atom is 0.410 e. The van der Waals surface area contributed by atoms with Crippen molar-refractivity contribution in [3.05, 3.63) is 63.3 Å². The second-order valence-electron chi connectivity index (χ2n) is 10.6. The van der Waals surface area contributed by atoms with Crippen LogP contribution in [0.5, 0.6) is 5.75 Å². The number of methoxy groups -OCH3 is 1. The van der Waals surface area contributed by atoms with Gasteiger partial charge in [-0.05, 0) is 39.0 Å². The molecule has 12 nitrogen and oxygen atoms in total. The summed E-state index contributed by atoms with van der Waals surface area (Å²) in [6.07, 6.45) is 4.15.